The third-order valence-electron chi connectivity index (χ3n) is 4.29. The molecule has 3 rings (SSSR count). The lowest BCUT2D eigenvalue weighted by Crippen LogP contribution is -2.34. The molecule has 0 atom stereocenters. The smallest absolute Gasteiger partial charge is 0.0460 e. The van der Waals surface area contributed by atoms with E-state index in [9.17, 15) is 0 Å². The molecular weight excluding hydrogens is 310 g/mol. The Morgan fingerprint density at radius 1 is 1.05 bits per heavy atom. The largest absolute Gasteiger partial charge is 0.341 e. The predicted molar refractivity (Wildman–Crippen MR) is 90.0 cm³/mol. The lowest BCUT2D eigenvalue weighted by molar-refractivity contribution is 0.467. The van der Waals surface area contributed by atoms with Crippen LogP contribution in [0, 0.1) is 6.92 Å². The summed E-state index contributed by atoms with van der Waals surface area (Å²) < 4.78 is 1.14. The van der Waals surface area contributed by atoms with Crippen LogP contribution in [0.2, 0.25) is 0 Å². The second-order valence-corrected chi connectivity index (χ2v) is 7.20. The van der Waals surface area contributed by atoms with Crippen LogP contribution in [0.3, 0.4) is 0 Å². The molecule has 0 N–H and O–H groups in total. The second kappa shape index (κ2) is 4.92. The van der Waals surface area contributed by atoms with E-state index in [-0.39, 0.29) is 5.41 Å². The molecule has 0 aromatic heterocycles. The van der Waals surface area contributed by atoms with Crippen molar-refractivity contribution < 1.29 is 0 Å². The van der Waals surface area contributed by atoms with Gasteiger partial charge in [-0.3, -0.25) is 0 Å². The lowest BCUT2D eigenvalue weighted by Gasteiger charge is -2.40. The molecule has 1 nitrogen and oxygen atoms in total. The first-order chi connectivity index (χ1) is 9.47. The fourth-order valence-electron chi connectivity index (χ4n) is 2.94. The molecular formula is C18H20BrN. The zero-order valence-electron chi connectivity index (χ0n) is 12.3. The van der Waals surface area contributed by atoms with Crippen LogP contribution in [0.15, 0.2) is 46.9 Å². The van der Waals surface area contributed by atoms with Crippen molar-refractivity contribution >= 4 is 27.3 Å². The summed E-state index contributed by atoms with van der Waals surface area (Å²) in [7, 11) is 0. The lowest BCUT2D eigenvalue weighted by atomic mass is 9.77. The number of hydrogen-bond acceptors (Lipinski definition) is 1. The minimum absolute atomic E-state index is 0.247. The molecule has 2 aromatic carbocycles. The van der Waals surface area contributed by atoms with E-state index in [1.54, 1.807) is 0 Å². The monoisotopic (exact) mass is 329 g/mol. The minimum Gasteiger partial charge on any atom is -0.341 e. The Kier molecular flexibility index (Phi) is 3.37. The molecule has 0 amide bonds. The van der Waals surface area contributed by atoms with Crippen LogP contribution in [-0.4, -0.2) is 6.54 Å². The Balaban J connectivity index is 2.11. The van der Waals surface area contributed by atoms with E-state index in [1.807, 2.05) is 0 Å². The van der Waals surface area contributed by atoms with Crippen molar-refractivity contribution in [3.05, 3.63) is 58.1 Å². The molecule has 2 aromatic rings. The van der Waals surface area contributed by atoms with Crippen molar-refractivity contribution in [1.82, 2.24) is 0 Å². The summed E-state index contributed by atoms with van der Waals surface area (Å²) in [5.41, 5.74) is 5.61. The Morgan fingerprint density at radius 3 is 2.45 bits per heavy atom. The minimum atomic E-state index is 0.247. The Morgan fingerprint density at radius 2 is 1.75 bits per heavy atom. The zero-order chi connectivity index (χ0) is 14.3. The third-order valence-corrected chi connectivity index (χ3v) is 4.78. The van der Waals surface area contributed by atoms with Gasteiger partial charge in [-0.2, -0.15) is 0 Å². The normalized spacial score (nSPS) is 16.9. The van der Waals surface area contributed by atoms with Gasteiger partial charge in [-0.1, -0.05) is 53.5 Å². The molecule has 0 saturated heterocycles. The van der Waals surface area contributed by atoms with Crippen LogP contribution < -0.4 is 4.90 Å². The molecule has 0 saturated carbocycles. The molecule has 104 valence electrons. The molecule has 0 fully saturated rings. The van der Waals surface area contributed by atoms with Crippen LogP contribution in [0.5, 0.6) is 0 Å². The van der Waals surface area contributed by atoms with Crippen LogP contribution in [-0.2, 0) is 5.41 Å². The van der Waals surface area contributed by atoms with Crippen molar-refractivity contribution in [1.29, 1.82) is 0 Å². The molecule has 20 heavy (non-hydrogen) atoms. The van der Waals surface area contributed by atoms with Crippen molar-refractivity contribution in [2.24, 2.45) is 0 Å². The van der Waals surface area contributed by atoms with Crippen molar-refractivity contribution in [2.75, 3.05) is 11.4 Å². The van der Waals surface area contributed by atoms with Crippen molar-refractivity contribution in [2.45, 2.75) is 32.6 Å². The quantitative estimate of drug-likeness (QED) is 0.660. The number of fused-ring (bicyclic) bond motifs is 1. The summed E-state index contributed by atoms with van der Waals surface area (Å²) in [6, 6.07) is 15.5. The standard InChI is InChI=1S/C18H20BrN/c1-13-4-7-15(8-5-13)20-11-10-18(2,3)16-9-6-14(19)12-17(16)20/h4-9,12H,10-11H2,1-3H3. The third kappa shape index (κ3) is 2.37. The first-order valence-electron chi connectivity index (χ1n) is 7.12. The number of aryl methyl sites for hydroxylation is 1. The topological polar surface area (TPSA) is 3.24 Å². The van der Waals surface area contributed by atoms with Crippen molar-refractivity contribution in [3.63, 3.8) is 0 Å². The maximum absolute atomic E-state index is 3.61. The van der Waals surface area contributed by atoms with E-state index in [1.165, 1.54) is 28.9 Å². The number of hydrogen-bond donors (Lipinski definition) is 0. The number of anilines is 2. The van der Waals surface area contributed by atoms with Crippen LogP contribution in [0.4, 0.5) is 11.4 Å². The first-order valence-corrected chi connectivity index (χ1v) is 7.91. The molecule has 0 aliphatic carbocycles. The van der Waals surface area contributed by atoms with Gasteiger partial charge in [0.05, 0.1) is 0 Å². The van der Waals surface area contributed by atoms with E-state index >= 15 is 0 Å². The summed E-state index contributed by atoms with van der Waals surface area (Å²) in [6.07, 6.45) is 1.18. The Bertz CT molecular complexity index is 628. The van der Waals surface area contributed by atoms with Crippen LogP contribution in [0.1, 0.15) is 31.4 Å². The first kappa shape index (κ1) is 13.7. The maximum atomic E-state index is 3.61. The highest BCUT2D eigenvalue weighted by molar-refractivity contribution is 9.10. The predicted octanol–water partition coefficient (Wildman–Crippen LogP) is 5.58. The molecule has 1 heterocycles. The highest BCUT2D eigenvalue weighted by atomic mass is 79.9. The summed E-state index contributed by atoms with van der Waals surface area (Å²) in [4.78, 5) is 2.44. The van der Waals surface area contributed by atoms with E-state index in [0.717, 1.165) is 11.0 Å². The van der Waals surface area contributed by atoms with E-state index in [4.69, 9.17) is 0 Å². The van der Waals surface area contributed by atoms with Crippen LogP contribution in [0.25, 0.3) is 0 Å². The number of nitrogens with zero attached hydrogens (tertiary/aromatic N) is 1. The van der Waals surface area contributed by atoms with Gasteiger partial charge in [0.15, 0.2) is 0 Å². The highest BCUT2D eigenvalue weighted by Crippen LogP contribution is 2.43. The second-order valence-electron chi connectivity index (χ2n) is 6.28. The van der Waals surface area contributed by atoms with Crippen molar-refractivity contribution in [3.8, 4) is 0 Å². The van der Waals surface area contributed by atoms with E-state index in [2.05, 4.69) is 84.1 Å². The summed E-state index contributed by atoms with van der Waals surface area (Å²) in [5.74, 6) is 0. The van der Waals surface area contributed by atoms with Gasteiger partial charge in [-0.15, -0.1) is 0 Å². The maximum Gasteiger partial charge on any atom is 0.0460 e. The van der Waals surface area contributed by atoms with Gasteiger partial charge in [0.1, 0.15) is 0 Å². The molecule has 1 aliphatic rings. The van der Waals surface area contributed by atoms with Gasteiger partial charge < -0.3 is 4.90 Å². The van der Waals surface area contributed by atoms with Gasteiger partial charge in [-0.25, -0.2) is 0 Å². The summed E-state index contributed by atoms with van der Waals surface area (Å²) in [6.45, 7) is 7.88. The Hall–Kier alpha value is -1.28. The molecule has 2 heteroatoms. The van der Waals surface area contributed by atoms with E-state index in [0.29, 0.717) is 0 Å². The average Bonchev–Trinajstić information content (AvgIpc) is 2.40. The van der Waals surface area contributed by atoms with Crippen LogP contribution >= 0.6 is 15.9 Å². The number of benzene rings is 2. The summed E-state index contributed by atoms with van der Waals surface area (Å²) >= 11 is 3.61. The molecule has 0 unspecified atom stereocenters. The van der Waals surface area contributed by atoms with Gasteiger partial charge in [-0.05, 0) is 48.6 Å². The fourth-order valence-corrected chi connectivity index (χ4v) is 3.29. The van der Waals surface area contributed by atoms with Gasteiger partial charge in [0, 0.05) is 22.4 Å². The average molecular weight is 330 g/mol. The Labute approximate surface area is 129 Å². The molecule has 1 aliphatic heterocycles. The zero-order valence-corrected chi connectivity index (χ0v) is 13.9. The molecule has 0 spiro atoms. The molecule has 0 radical (unpaired) electrons. The molecule has 0 bridgehead atoms. The SMILES string of the molecule is Cc1ccc(N2CCC(C)(C)c3ccc(Br)cc32)cc1. The van der Waals surface area contributed by atoms with Gasteiger partial charge >= 0.3 is 0 Å². The van der Waals surface area contributed by atoms with E-state index < -0.39 is 0 Å². The summed E-state index contributed by atoms with van der Waals surface area (Å²) in [5, 5.41) is 0. The number of halogens is 1. The highest BCUT2D eigenvalue weighted by Gasteiger charge is 2.31. The fraction of sp³-hybridized carbons (Fsp3) is 0.333. The number of rotatable bonds is 1. The van der Waals surface area contributed by atoms with Gasteiger partial charge in [0.25, 0.3) is 0 Å². The van der Waals surface area contributed by atoms with Gasteiger partial charge in [0.2, 0.25) is 0 Å².